The molecule has 1 N–H and O–H groups in total. The number of hydrogen-bond donors (Lipinski definition) is 1. The van der Waals surface area contributed by atoms with Crippen molar-refractivity contribution in [2.24, 2.45) is 5.92 Å². The molecule has 0 aliphatic carbocycles. The second-order valence-electron chi connectivity index (χ2n) is 7.97. The van der Waals surface area contributed by atoms with Crippen LogP contribution in [0.15, 0.2) is 60.7 Å². The highest BCUT2D eigenvalue weighted by Gasteiger charge is 2.35. The topological polar surface area (TPSA) is 32.3 Å². The highest BCUT2D eigenvalue weighted by Crippen LogP contribution is 2.32. The van der Waals surface area contributed by atoms with Crippen LogP contribution in [-0.2, 0) is 0 Å². The number of fused-ring (bicyclic) bond motifs is 3. The number of rotatable bonds is 4. The summed E-state index contributed by atoms with van der Waals surface area (Å²) in [5, 5.41) is 4.03. The Kier molecular flexibility index (Phi) is 5.17. The van der Waals surface area contributed by atoms with Crippen LogP contribution in [0.25, 0.3) is 21.6 Å². The van der Waals surface area contributed by atoms with E-state index in [9.17, 15) is 4.79 Å². The van der Waals surface area contributed by atoms with E-state index in [0.29, 0.717) is 12.0 Å². The molecule has 0 radical (unpaired) electrons. The molecule has 3 fully saturated rings. The number of piperidine rings is 3. The zero-order chi connectivity index (χ0) is 19.8. The largest absolute Gasteiger partial charge is 0.347 e. The number of thiophene rings is 1. The van der Waals surface area contributed by atoms with Crippen LogP contribution in [0.2, 0.25) is 5.02 Å². The van der Waals surface area contributed by atoms with Crippen molar-refractivity contribution in [3.63, 3.8) is 0 Å². The summed E-state index contributed by atoms with van der Waals surface area (Å²) in [5.41, 5.74) is 3.41. The molecule has 3 aliphatic heterocycles. The number of benzene rings is 2. The lowest BCUT2D eigenvalue weighted by atomic mass is 9.84. The molecule has 2 bridgehead atoms. The number of amides is 1. The number of nitrogens with one attached hydrogen (secondary N) is 1. The van der Waals surface area contributed by atoms with Crippen molar-refractivity contribution < 1.29 is 4.79 Å². The van der Waals surface area contributed by atoms with E-state index in [0.717, 1.165) is 38.0 Å². The molecule has 2 aromatic carbocycles. The minimum absolute atomic E-state index is 0.0638. The molecule has 3 aromatic rings. The Hall–Kier alpha value is -2.14. The van der Waals surface area contributed by atoms with E-state index in [1.165, 1.54) is 25.9 Å². The maximum Gasteiger partial charge on any atom is 0.261 e. The fourth-order valence-electron chi connectivity index (χ4n) is 4.48. The second kappa shape index (κ2) is 7.94. The van der Waals surface area contributed by atoms with Gasteiger partial charge in [-0.2, -0.15) is 0 Å². The van der Waals surface area contributed by atoms with E-state index >= 15 is 0 Å². The van der Waals surface area contributed by atoms with Crippen molar-refractivity contribution in [1.82, 2.24) is 10.2 Å². The van der Waals surface area contributed by atoms with E-state index in [2.05, 4.69) is 40.5 Å². The second-order valence-corrected chi connectivity index (χ2v) is 9.49. The van der Waals surface area contributed by atoms with Crippen molar-refractivity contribution >= 4 is 28.8 Å². The summed E-state index contributed by atoms with van der Waals surface area (Å²) in [6.07, 6.45) is 2.41. The fraction of sp³-hybridized carbons (Fsp3) is 0.292. The molecule has 1 amide bonds. The number of carbonyl (C=O) groups excluding carboxylic acids is 1. The molecule has 3 nitrogen and oxygen atoms in total. The minimum Gasteiger partial charge on any atom is -0.347 e. The van der Waals surface area contributed by atoms with Gasteiger partial charge in [-0.1, -0.05) is 41.9 Å². The number of hydrogen-bond acceptors (Lipinski definition) is 3. The molecule has 148 valence electrons. The van der Waals surface area contributed by atoms with Crippen molar-refractivity contribution in [1.29, 1.82) is 0 Å². The predicted molar refractivity (Wildman–Crippen MR) is 121 cm³/mol. The van der Waals surface area contributed by atoms with Gasteiger partial charge in [-0.15, -0.1) is 11.3 Å². The van der Waals surface area contributed by atoms with Crippen LogP contribution in [-0.4, -0.2) is 36.5 Å². The average Bonchev–Trinajstić information content (AvgIpc) is 3.26. The Morgan fingerprint density at radius 2 is 1.72 bits per heavy atom. The first-order valence-corrected chi connectivity index (χ1v) is 11.3. The van der Waals surface area contributed by atoms with E-state index in [4.69, 9.17) is 11.6 Å². The van der Waals surface area contributed by atoms with Crippen LogP contribution in [0.1, 0.15) is 22.5 Å². The van der Waals surface area contributed by atoms with Gasteiger partial charge in [0.25, 0.3) is 5.91 Å². The molecule has 1 aromatic heterocycles. The first-order chi connectivity index (χ1) is 14.2. The highest BCUT2D eigenvalue weighted by atomic mass is 35.5. The summed E-state index contributed by atoms with van der Waals surface area (Å²) in [6, 6.07) is 20.6. The van der Waals surface area contributed by atoms with Gasteiger partial charge >= 0.3 is 0 Å². The Morgan fingerprint density at radius 1 is 0.966 bits per heavy atom. The maximum absolute atomic E-state index is 12.8. The van der Waals surface area contributed by atoms with Crippen LogP contribution in [0.5, 0.6) is 0 Å². The zero-order valence-corrected chi connectivity index (χ0v) is 17.7. The molecule has 0 spiro atoms. The smallest absolute Gasteiger partial charge is 0.261 e. The molecule has 29 heavy (non-hydrogen) atoms. The molecule has 3 saturated heterocycles. The summed E-state index contributed by atoms with van der Waals surface area (Å²) in [6.45, 7) is 3.37. The molecule has 0 saturated carbocycles. The van der Waals surface area contributed by atoms with Crippen molar-refractivity contribution in [2.45, 2.75) is 18.9 Å². The average molecular weight is 423 g/mol. The van der Waals surface area contributed by atoms with Crippen LogP contribution in [0.4, 0.5) is 0 Å². The Labute approximate surface area is 180 Å². The van der Waals surface area contributed by atoms with E-state index in [1.807, 2.05) is 30.3 Å². The van der Waals surface area contributed by atoms with Crippen LogP contribution in [0, 0.1) is 5.92 Å². The van der Waals surface area contributed by atoms with Gasteiger partial charge in [0.05, 0.1) is 4.88 Å². The first kappa shape index (κ1) is 18.9. The molecule has 4 heterocycles. The minimum atomic E-state index is 0.0638. The monoisotopic (exact) mass is 422 g/mol. The standard InChI is InChI=1S/C24H23ClN2OS/c25-20-6-4-16(5-7-20)18-2-1-3-19(14-18)22-8-9-23(29-22)24(28)26-21-15-27-12-10-17(21)11-13-27/h1-9,14,17,21H,10-13,15H2,(H,26,28). The van der Waals surface area contributed by atoms with Gasteiger partial charge < -0.3 is 10.2 Å². The summed E-state index contributed by atoms with van der Waals surface area (Å²) in [5.74, 6) is 0.702. The van der Waals surface area contributed by atoms with Crippen LogP contribution < -0.4 is 5.32 Å². The lowest BCUT2D eigenvalue weighted by Gasteiger charge is -2.44. The van der Waals surface area contributed by atoms with Gasteiger partial charge in [-0.05, 0) is 78.9 Å². The van der Waals surface area contributed by atoms with Gasteiger partial charge in [0, 0.05) is 22.5 Å². The summed E-state index contributed by atoms with van der Waals surface area (Å²) < 4.78 is 0. The van der Waals surface area contributed by atoms with Crippen LogP contribution in [0.3, 0.4) is 0 Å². The lowest BCUT2D eigenvalue weighted by Crippen LogP contribution is -2.57. The van der Waals surface area contributed by atoms with E-state index in [1.54, 1.807) is 11.3 Å². The SMILES string of the molecule is O=C(NC1CN2CCC1CC2)c1ccc(-c2cccc(-c3ccc(Cl)cc3)c2)s1. The Bertz CT molecular complexity index is 1020. The molecule has 6 rings (SSSR count). The van der Waals surface area contributed by atoms with Gasteiger partial charge in [0.2, 0.25) is 0 Å². The summed E-state index contributed by atoms with van der Waals surface area (Å²) in [7, 11) is 0. The quantitative estimate of drug-likeness (QED) is 0.597. The van der Waals surface area contributed by atoms with Crippen molar-refractivity contribution in [3.8, 4) is 21.6 Å². The van der Waals surface area contributed by atoms with Gasteiger partial charge in [0.15, 0.2) is 0 Å². The van der Waals surface area contributed by atoms with Crippen LogP contribution >= 0.6 is 22.9 Å². The molecule has 1 unspecified atom stereocenters. The highest BCUT2D eigenvalue weighted by molar-refractivity contribution is 7.17. The van der Waals surface area contributed by atoms with Gasteiger partial charge in [-0.25, -0.2) is 0 Å². The van der Waals surface area contributed by atoms with E-state index in [-0.39, 0.29) is 5.91 Å². The van der Waals surface area contributed by atoms with Gasteiger partial charge in [-0.3, -0.25) is 4.79 Å². The first-order valence-electron chi connectivity index (χ1n) is 10.2. The molecule has 1 atom stereocenters. The van der Waals surface area contributed by atoms with Crippen molar-refractivity contribution in [2.75, 3.05) is 19.6 Å². The number of nitrogens with zero attached hydrogens (tertiary/aromatic N) is 1. The lowest BCUT2D eigenvalue weighted by molar-refractivity contribution is 0.0622. The van der Waals surface area contributed by atoms with E-state index < -0.39 is 0 Å². The molecule has 3 aliphatic rings. The molecular weight excluding hydrogens is 400 g/mol. The Balaban J connectivity index is 1.33. The predicted octanol–water partition coefficient (Wildman–Crippen LogP) is 5.56. The maximum atomic E-state index is 12.8. The normalized spacial score (nSPS) is 23.1. The number of halogens is 1. The van der Waals surface area contributed by atoms with Gasteiger partial charge in [0.1, 0.15) is 0 Å². The number of carbonyl (C=O) groups is 1. The Morgan fingerprint density at radius 3 is 2.45 bits per heavy atom. The third-order valence-corrected chi connectivity index (χ3v) is 7.51. The fourth-order valence-corrected chi connectivity index (χ4v) is 5.51. The summed E-state index contributed by atoms with van der Waals surface area (Å²) in [4.78, 5) is 17.2. The zero-order valence-electron chi connectivity index (χ0n) is 16.1. The third kappa shape index (κ3) is 3.97. The third-order valence-electron chi connectivity index (χ3n) is 6.13. The molecular formula is C24H23ClN2OS. The van der Waals surface area contributed by atoms with Crippen molar-refractivity contribution in [3.05, 3.63) is 70.6 Å². The molecule has 5 heteroatoms. The summed E-state index contributed by atoms with van der Waals surface area (Å²) >= 11 is 7.57.